The first-order valence-electron chi connectivity index (χ1n) is 4.35. The molecule has 0 saturated carbocycles. The summed E-state index contributed by atoms with van der Waals surface area (Å²) < 4.78 is 10.2. The molecule has 0 spiro atoms. The van der Waals surface area contributed by atoms with Crippen molar-refractivity contribution in [1.29, 1.82) is 0 Å². The Kier molecular flexibility index (Phi) is 3.20. The van der Waals surface area contributed by atoms with Gasteiger partial charge in [-0.25, -0.2) is 4.98 Å². The lowest BCUT2D eigenvalue weighted by Gasteiger charge is -2.05. The predicted molar refractivity (Wildman–Crippen MR) is 69.4 cm³/mol. The molecule has 0 aliphatic carbocycles. The van der Waals surface area contributed by atoms with Crippen LogP contribution in [0.1, 0.15) is 5.56 Å². The Morgan fingerprint density at radius 1 is 1.40 bits per heavy atom. The highest BCUT2D eigenvalue weighted by molar-refractivity contribution is 14.1. The standard InChI is InChI=1S/C10H9IN2OS/c1-6-3-4-8(14-2)7(5-6)9-12-10(11)13-15-9/h3-5H,1-2H3. The summed E-state index contributed by atoms with van der Waals surface area (Å²) in [5.74, 6) is 0.841. The molecule has 0 fully saturated rings. The minimum absolute atomic E-state index is 0.774. The van der Waals surface area contributed by atoms with E-state index in [4.69, 9.17) is 4.74 Å². The second-order valence-corrected chi connectivity index (χ2v) is 4.79. The fraction of sp³-hybridized carbons (Fsp3) is 0.200. The van der Waals surface area contributed by atoms with E-state index in [1.807, 2.05) is 12.1 Å². The summed E-state index contributed by atoms with van der Waals surface area (Å²) in [6, 6.07) is 6.04. The van der Waals surface area contributed by atoms with E-state index in [1.54, 1.807) is 7.11 Å². The van der Waals surface area contributed by atoms with Gasteiger partial charge in [0.25, 0.3) is 0 Å². The average molecular weight is 332 g/mol. The summed E-state index contributed by atoms with van der Waals surface area (Å²) in [7, 11) is 1.67. The molecule has 15 heavy (non-hydrogen) atoms. The average Bonchev–Trinajstić information content (AvgIpc) is 2.65. The molecular formula is C10H9IN2OS. The van der Waals surface area contributed by atoms with Crippen molar-refractivity contribution in [2.24, 2.45) is 0 Å². The molecule has 0 unspecified atom stereocenters. The van der Waals surface area contributed by atoms with E-state index in [0.29, 0.717) is 0 Å². The largest absolute Gasteiger partial charge is 0.496 e. The summed E-state index contributed by atoms with van der Waals surface area (Å²) >= 11 is 3.50. The van der Waals surface area contributed by atoms with Crippen LogP contribution in [-0.2, 0) is 0 Å². The van der Waals surface area contributed by atoms with Gasteiger partial charge in [-0.3, -0.25) is 0 Å². The summed E-state index contributed by atoms with van der Waals surface area (Å²) in [4.78, 5) is 4.34. The Balaban J connectivity index is 2.55. The molecule has 78 valence electrons. The molecule has 0 atom stereocenters. The van der Waals surface area contributed by atoms with E-state index in [0.717, 1.165) is 20.2 Å². The number of ether oxygens (including phenoxy) is 1. The summed E-state index contributed by atoms with van der Waals surface area (Å²) in [5.41, 5.74) is 2.20. The predicted octanol–water partition coefficient (Wildman–Crippen LogP) is 3.13. The quantitative estimate of drug-likeness (QED) is 0.793. The first-order chi connectivity index (χ1) is 7.20. The van der Waals surface area contributed by atoms with Crippen molar-refractivity contribution in [1.82, 2.24) is 9.36 Å². The molecule has 3 nitrogen and oxygen atoms in total. The van der Waals surface area contributed by atoms with Gasteiger partial charge in [-0.15, -0.1) is 0 Å². The smallest absolute Gasteiger partial charge is 0.203 e. The van der Waals surface area contributed by atoms with Crippen LogP contribution in [0.4, 0.5) is 0 Å². The van der Waals surface area contributed by atoms with E-state index in [1.165, 1.54) is 17.1 Å². The highest BCUT2D eigenvalue weighted by Crippen LogP contribution is 2.31. The number of hydrogen-bond donors (Lipinski definition) is 0. The summed E-state index contributed by atoms with van der Waals surface area (Å²) in [6.45, 7) is 2.05. The maximum atomic E-state index is 5.30. The highest BCUT2D eigenvalue weighted by Gasteiger charge is 2.10. The topological polar surface area (TPSA) is 35.0 Å². The van der Waals surface area contributed by atoms with Gasteiger partial charge in [0.15, 0.2) is 0 Å². The summed E-state index contributed by atoms with van der Waals surface area (Å²) in [5, 5.41) is 0.903. The number of nitrogens with zero attached hydrogens (tertiary/aromatic N) is 2. The fourth-order valence-electron chi connectivity index (χ4n) is 1.30. The van der Waals surface area contributed by atoms with Crippen molar-refractivity contribution >= 4 is 34.1 Å². The van der Waals surface area contributed by atoms with Gasteiger partial charge in [0.2, 0.25) is 3.83 Å². The molecule has 0 saturated heterocycles. The maximum Gasteiger partial charge on any atom is 0.203 e. The molecule has 0 aliphatic heterocycles. The molecule has 1 aromatic carbocycles. The van der Waals surface area contributed by atoms with Crippen molar-refractivity contribution in [3.05, 3.63) is 27.6 Å². The van der Waals surface area contributed by atoms with Gasteiger partial charge in [0, 0.05) is 22.6 Å². The Labute approximate surface area is 106 Å². The number of halogens is 1. The van der Waals surface area contributed by atoms with E-state index in [2.05, 4.69) is 44.9 Å². The number of rotatable bonds is 2. The molecule has 5 heteroatoms. The lowest BCUT2D eigenvalue weighted by atomic mass is 10.1. The zero-order chi connectivity index (χ0) is 10.8. The van der Waals surface area contributed by atoms with Crippen LogP contribution in [0.25, 0.3) is 10.6 Å². The summed E-state index contributed by atoms with van der Waals surface area (Å²) in [6.07, 6.45) is 0. The SMILES string of the molecule is COc1ccc(C)cc1-c1nc(I)ns1. The maximum absolute atomic E-state index is 5.30. The zero-order valence-corrected chi connectivity index (χ0v) is 11.3. The second kappa shape index (κ2) is 4.44. The lowest BCUT2D eigenvalue weighted by molar-refractivity contribution is 0.416. The number of aryl methyl sites for hydroxylation is 1. The van der Waals surface area contributed by atoms with Crippen molar-refractivity contribution < 1.29 is 4.74 Å². The molecule has 0 aliphatic rings. The van der Waals surface area contributed by atoms with Crippen LogP contribution in [0, 0.1) is 10.8 Å². The Bertz CT molecular complexity index is 484. The van der Waals surface area contributed by atoms with E-state index < -0.39 is 0 Å². The minimum Gasteiger partial charge on any atom is -0.496 e. The highest BCUT2D eigenvalue weighted by atomic mass is 127. The van der Waals surface area contributed by atoms with Gasteiger partial charge in [0.05, 0.1) is 12.7 Å². The third-order valence-electron chi connectivity index (χ3n) is 1.99. The Hall–Kier alpha value is -0.690. The van der Waals surface area contributed by atoms with Crippen molar-refractivity contribution in [2.45, 2.75) is 6.92 Å². The van der Waals surface area contributed by atoms with Crippen molar-refractivity contribution in [2.75, 3.05) is 7.11 Å². The van der Waals surface area contributed by atoms with Gasteiger partial charge in [-0.05, 0) is 30.6 Å². The molecular weight excluding hydrogens is 323 g/mol. The van der Waals surface area contributed by atoms with E-state index in [-0.39, 0.29) is 0 Å². The molecule has 0 amide bonds. The van der Waals surface area contributed by atoms with E-state index in [9.17, 15) is 0 Å². The van der Waals surface area contributed by atoms with Gasteiger partial charge < -0.3 is 4.74 Å². The van der Waals surface area contributed by atoms with Crippen LogP contribution >= 0.6 is 34.1 Å². The van der Waals surface area contributed by atoms with Gasteiger partial charge >= 0.3 is 0 Å². The Morgan fingerprint density at radius 3 is 2.80 bits per heavy atom. The molecule has 0 bridgehead atoms. The van der Waals surface area contributed by atoms with Gasteiger partial charge in [-0.2, -0.15) is 4.37 Å². The number of aromatic nitrogens is 2. The van der Waals surface area contributed by atoms with E-state index >= 15 is 0 Å². The third-order valence-corrected chi connectivity index (χ3v) is 3.54. The lowest BCUT2D eigenvalue weighted by Crippen LogP contribution is -1.88. The normalized spacial score (nSPS) is 10.3. The van der Waals surface area contributed by atoms with Crippen molar-refractivity contribution in [3.8, 4) is 16.3 Å². The molecule has 0 radical (unpaired) electrons. The Morgan fingerprint density at radius 2 is 2.20 bits per heavy atom. The van der Waals surface area contributed by atoms with Crippen LogP contribution in [-0.4, -0.2) is 16.5 Å². The number of methoxy groups -OCH3 is 1. The number of benzene rings is 1. The van der Waals surface area contributed by atoms with Gasteiger partial charge in [0.1, 0.15) is 10.8 Å². The zero-order valence-electron chi connectivity index (χ0n) is 8.32. The molecule has 2 aromatic rings. The van der Waals surface area contributed by atoms with Gasteiger partial charge in [-0.1, -0.05) is 11.6 Å². The molecule has 1 aromatic heterocycles. The first-order valence-corrected chi connectivity index (χ1v) is 6.20. The van der Waals surface area contributed by atoms with Crippen LogP contribution < -0.4 is 4.74 Å². The number of hydrogen-bond acceptors (Lipinski definition) is 4. The molecule has 1 heterocycles. The monoisotopic (exact) mass is 332 g/mol. The van der Waals surface area contributed by atoms with Crippen LogP contribution in [0.15, 0.2) is 18.2 Å². The van der Waals surface area contributed by atoms with Crippen LogP contribution in [0.3, 0.4) is 0 Å². The first kappa shape index (κ1) is 10.8. The van der Waals surface area contributed by atoms with Crippen molar-refractivity contribution in [3.63, 3.8) is 0 Å². The second-order valence-electron chi connectivity index (χ2n) is 3.07. The molecule has 0 N–H and O–H groups in total. The minimum atomic E-state index is 0.774. The van der Waals surface area contributed by atoms with Crippen LogP contribution in [0.5, 0.6) is 5.75 Å². The third kappa shape index (κ3) is 2.28. The fourth-order valence-corrected chi connectivity index (χ4v) is 2.59. The molecule has 2 rings (SSSR count). The van der Waals surface area contributed by atoms with Crippen LogP contribution in [0.2, 0.25) is 0 Å².